The maximum Gasteiger partial charge on any atom is 0.354 e. The molecule has 2 aliphatic heterocycles. The van der Waals surface area contributed by atoms with E-state index in [4.69, 9.17) is 4.74 Å². The highest BCUT2D eigenvalue weighted by Crippen LogP contribution is 2.45. The molecule has 1 aromatic carbocycles. The molecule has 0 aromatic heterocycles. The summed E-state index contributed by atoms with van der Waals surface area (Å²) >= 11 is 0. The molecule has 1 atom stereocenters. The van der Waals surface area contributed by atoms with Crippen molar-refractivity contribution < 1.29 is 23.9 Å². The fourth-order valence-corrected chi connectivity index (χ4v) is 4.89. The van der Waals surface area contributed by atoms with E-state index < -0.39 is 18.2 Å². The third kappa shape index (κ3) is 3.60. The number of rotatable bonds is 6. The third-order valence-electron chi connectivity index (χ3n) is 6.32. The third-order valence-corrected chi connectivity index (χ3v) is 6.32. The lowest BCUT2D eigenvalue weighted by atomic mass is 9.95. The molecule has 1 N–H and O–H groups in total. The molecule has 1 saturated carbocycles. The molecule has 2 fully saturated rings. The number of nitrogens with one attached hydrogen (secondary N) is 1. The van der Waals surface area contributed by atoms with Crippen molar-refractivity contribution in [3.63, 3.8) is 0 Å². The second-order valence-electron chi connectivity index (χ2n) is 8.25. The first-order chi connectivity index (χ1) is 15.0. The number of fused-ring (bicyclic) bond motifs is 3. The van der Waals surface area contributed by atoms with E-state index in [-0.39, 0.29) is 43.1 Å². The Balaban J connectivity index is 1.58. The minimum atomic E-state index is -1.61. The van der Waals surface area contributed by atoms with Crippen molar-refractivity contribution in [3.05, 3.63) is 42.5 Å². The minimum Gasteiger partial charge on any atom is -0.452 e. The molecular weight excluding hydrogens is 398 g/mol. The van der Waals surface area contributed by atoms with Gasteiger partial charge < -0.3 is 15.0 Å². The van der Waals surface area contributed by atoms with E-state index in [9.17, 15) is 19.2 Å². The van der Waals surface area contributed by atoms with Gasteiger partial charge in [-0.3, -0.25) is 19.3 Å². The van der Waals surface area contributed by atoms with Gasteiger partial charge in [0.1, 0.15) is 0 Å². The Labute approximate surface area is 181 Å². The summed E-state index contributed by atoms with van der Waals surface area (Å²) in [5.41, 5.74) is -0.876. The average molecular weight is 425 g/mol. The summed E-state index contributed by atoms with van der Waals surface area (Å²) in [7, 11) is 0. The fourth-order valence-electron chi connectivity index (χ4n) is 4.89. The van der Waals surface area contributed by atoms with Gasteiger partial charge >= 0.3 is 5.97 Å². The predicted molar refractivity (Wildman–Crippen MR) is 113 cm³/mol. The van der Waals surface area contributed by atoms with Gasteiger partial charge in [0.2, 0.25) is 11.6 Å². The van der Waals surface area contributed by atoms with Crippen LogP contribution < -0.4 is 10.2 Å². The van der Waals surface area contributed by atoms with E-state index in [2.05, 4.69) is 11.9 Å². The lowest BCUT2D eigenvalue weighted by Gasteiger charge is -2.48. The summed E-state index contributed by atoms with van der Waals surface area (Å²) in [6, 6.07) is 6.81. The van der Waals surface area contributed by atoms with Crippen LogP contribution in [-0.2, 0) is 19.1 Å². The zero-order chi connectivity index (χ0) is 22.0. The molecule has 2 heterocycles. The minimum absolute atomic E-state index is 0.0698. The summed E-state index contributed by atoms with van der Waals surface area (Å²) in [4.78, 5) is 54.4. The molecule has 0 radical (unpaired) electrons. The van der Waals surface area contributed by atoms with E-state index in [1.165, 1.54) is 22.3 Å². The summed E-state index contributed by atoms with van der Waals surface area (Å²) < 4.78 is 5.40. The van der Waals surface area contributed by atoms with Crippen LogP contribution in [0, 0.1) is 0 Å². The Morgan fingerprint density at radius 2 is 1.94 bits per heavy atom. The van der Waals surface area contributed by atoms with Gasteiger partial charge in [0.15, 0.2) is 6.61 Å². The molecule has 8 nitrogen and oxygen atoms in total. The molecule has 8 heteroatoms. The Morgan fingerprint density at radius 3 is 2.68 bits per heavy atom. The number of carbonyl (C=O) groups excluding carboxylic acids is 4. The average Bonchev–Trinajstić information content (AvgIpc) is 3.14. The number of hydrogen-bond acceptors (Lipinski definition) is 5. The Morgan fingerprint density at radius 1 is 1.19 bits per heavy atom. The van der Waals surface area contributed by atoms with Crippen molar-refractivity contribution in [2.45, 2.75) is 56.7 Å². The molecule has 164 valence electrons. The normalized spacial score (nSPS) is 23.2. The van der Waals surface area contributed by atoms with E-state index in [1.807, 2.05) is 0 Å². The van der Waals surface area contributed by atoms with Gasteiger partial charge in [-0.05, 0) is 25.0 Å². The monoisotopic (exact) mass is 425 g/mol. The van der Waals surface area contributed by atoms with Gasteiger partial charge in [-0.2, -0.15) is 0 Å². The van der Waals surface area contributed by atoms with Crippen LogP contribution in [0.3, 0.4) is 0 Å². The second kappa shape index (κ2) is 8.53. The van der Waals surface area contributed by atoms with E-state index in [0.29, 0.717) is 11.3 Å². The van der Waals surface area contributed by atoms with Crippen LogP contribution in [0.1, 0.15) is 55.3 Å². The van der Waals surface area contributed by atoms with Gasteiger partial charge in [0.05, 0.1) is 11.3 Å². The number of anilines is 1. The summed E-state index contributed by atoms with van der Waals surface area (Å²) in [5, 5.41) is 2.91. The van der Waals surface area contributed by atoms with Crippen LogP contribution in [0.15, 0.2) is 36.9 Å². The number of nitrogens with zero attached hydrogens (tertiary/aromatic N) is 2. The summed E-state index contributed by atoms with van der Waals surface area (Å²) in [6.07, 6.45) is 6.86. The molecule has 0 bridgehead atoms. The molecule has 4 rings (SSSR count). The van der Waals surface area contributed by atoms with Crippen LogP contribution in [-0.4, -0.2) is 53.4 Å². The number of ether oxygens (including phenoxy) is 1. The largest absolute Gasteiger partial charge is 0.452 e. The van der Waals surface area contributed by atoms with E-state index in [1.54, 1.807) is 24.3 Å². The van der Waals surface area contributed by atoms with Gasteiger partial charge in [0.25, 0.3) is 11.8 Å². The number of esters is 1. The molecular formula is C23H27N3O5. The summed E-state index contributed by atoms with van der Waals surface area (Å²) in [5.74, 6) is -1.78. The van der Waals surface area contributed by atoms with Crippen LogP contribution in [0.2, 0.25) is 0 Å². The van der Waals surface area contributed by atoms with Crippen LogP contribution in [0.25, 0.3) is 0 Å². The van der Waals surface area contributed by atoms with Crippen LogP contribution in [0.4, 0.5) is 5.69 Å². The van der Waals surface area contributed by atoms with Crippen molar-refractivity contribution >= 4 is 29.4 Å². The first kappa shape index (κ1) is 21.1. The lowest BCUT2D eigenvalue weighted by molar-refractivity contribution is -0.160. The molecule has 31 heavy (non-hydrogen) atoms. The van der Waals surface area contributed by atoms with Crippen LogP contribution >= 0.6 is 0 Å². The first-order valence-corrected chi connectivity index (χ1v) is 10.8. The van der Waals surface area contributed by atoms with Crippen molar-refractivity contribution in [1.29, 1.82) is 0 Å². The molecule has 0 spiro atoms. The maximum atomic E-state index is 13.4. The zero-order valence-corrected chi connectivity index (χ0v) is 17.5. The number of amides is 3. The van der Waals surface area contributed by atoms with Crippen molar-refractivity contribution in [2.24, 2.45) is 0 Å². The number of carbonyl (C=O) groups is 4. The van der Waals surface area contributed by atoms with Crippen molar-refractivity contribution in [2.75, 3.05) is 18.1 Å². The SMILES string of the molecule is C=CCN1C(=O)c2ccccc2N2C(=O)CC[C@]12C(=O)OCC(=O)NC1CCCCC1. The van der Waals surface area contributed by atoms with Gasteiger partial charge in [-0.1, -0.05) is 37.5 Å². The Bertz CT molecular complexity index is 924. The van der Waals surface area contributed by atoms with Gasteiger partial charge in [-0.25, -0.2) is 4.79 Å². The zero-order valence-electron chi connectivity index (χ0n) is 17.5. The highest BCUT2D eigenvalue weighted by molar-refractivity contribution is 6.15. The first-order valence-electron chi connectivity index (χ1n) is 10.8. The van der Waals surface area contributed by atoms with E-state index >= 15 is 0 Å². The standard InChI is InChI=1S/C23H27N3O5/c1-2-14-25-21(29)17-10-6-7-11-18(17)26-20(28)12-13-23(25,26)22(30)31-15-19(27)24-16-8-4-3-5-9-16/h2,6-7,10-11,16H,1,3-5,8-9,12-15H2,(H,24,27)/t23-/m0/s1. The highest BCUT2D eigenvalue weighted by Gasteiger charge is 2.61. The lowest BCUT2D eigenvalue weighted by Crippen LogP contribution is -2.68. The number of benzene rings is 1. The molecule has 3 amide bonds. The maximum absolute atomic E-state index is 13.4. The predicted octanol–water partition coefficient (Wildman–Crippen LogP) is 2.14. The summed E-state index contributed by atoms with van der Waals surface area (Å²) in [6.45, 7) is 3.32. The fraction of sp³-hybridized carbons (Fsp3) is 0.478. The molecule has 1 saturated heterocycles. The molecule has 3 aliphatic rings. The van der Waals surface area contributed by atoms with Crippen molar-refractivity contribution in [1.82, 2.24) is 10.2 Å². The van der Waals surface area contributed by atoms with Crippen LogP contribution in [0.5, 0.6) is 0 Å². The molecule has 0 unspecified atom stereocenters. The van der Waals surface area contributed by atoms with Crippen molar-refractivity contribution in [3.8, 4) is 0 Å². The topological polar surface area (TPSA) is 96.0 Å². The molecule has 1 aromatic rings. The highest BCUT2D eigenvalue weighted by atomic mass is 16.5. The Kier molecular flexibility index (Phi) is 5.80. The molecule has 1 aliphatic carbocycles. The van der Waals surface area contributed by atoms with Gasteiger partial charge in [-0.15, -0.1) is 6.58 Å². The number of hydrogen-bond donors (Lipinski definition) is 1. The van der Waals surface area contributed by atoms with Gasteiger partial charge in [0, 0.05) is 25.4 Å². The van der Waals surface area contributed by atoms with E-state index in [0.717, 1.165) is 25.7 Å². The quantitative estimate of drug-likeness (QED) is 0.557. The second-order valence-corrected chi connectivity index (χ2v) is 8.25. The Hall–Kier alpha value is -3.16. The number of para-hydroxylation sites is 1. The smallest absolute Gasteiger partial charge is 0.354 e.